The lowest BCUT2D eigenvalue weighted by molar-refractivity contribution is -0.162. The lowest BCUT2D eigenvalue weighted by Crippen LogP contribution is -2.72. The minimum absolute atomic E-state index is 0.0598. The first-order valence-corrected chi connectivity index (χ1v) is 20.9. The Morgan fingerprint density at radius 2 is 1.62 bits per heavy atom. The van der Waals surface area contributed by atoms with Crippen LogP contribution in [-0.2, 0) is 18.0 Å². The third kappa shape index (κ3) is 5.82. The molecule has 5 aromatic rings. The Morgan fingerprint density at radius 1 is 1.00 bits per heavy atom. The quantitative estimate of drug-likeness (QED) is 0.216. The molecule has 2 fully saturated rings. The standard InChI is InChI=1S/C36H41N5O5Si2/c1-35(2,3)47(4,5)43-22-36-23-44-48(27-17-11-7-12-18-27,28-19-13-8-14-20-28)46-29(36)21-30(45-36)41-25-39-31-32(37-24-38-33(31)41)40-34(42)26-15-9-6-10-16-26/h6-20,24-25,29-30H,21-23H2,1-5H3,(H,37,38,40,42)/t29-,30+,36-/m0/s1/i23D/t23-,29+,30-,36+/m1. The summed E-state index contributed by atoms with van der Waals surface area (Å²) in [5.41, 5.74) is 0.172. The number of ether oxygens (including phenoxy) is 1. The molecule has 248 valence electrons. The zero-order valence-electron chi connectivity index (χ0n) is 28.8. The molecule has 10 nitrogen and oxygen atoms in total. The lowest BCUT2D eigenvalue weighted by atomic mass is 9.99. The number of nitrogens with one attached hydrogen (secondary N) is 1. The molecule has 0 unspecified atom stereocenters. The molecule has 3 aromatic carbocycles. The third-order valence-corrected chi connectivity index (χ3v) is 17.5. The van der Waals surface area contributed by atoms with E-state index in [1.807, 2.05) is 71.3 Å². The maximum absolute atomic E-state index is 13.0. The minimum atomic E-state index is -3.38. The van der Waals surface area contributed by atoms with Crippen molar-refractivity contribution in [1.29, 1.82) is 0 Å². The summed E-state index contributed by atoms with van der Waals surface area (Å²) in [6.07, 6.45) is 2.27. The summed E-state index contributed by atoms with van der Waals surface area (Å²) in [7, 11) is -5.65. The van der Waals surface area contributed by atoms with Gasteiger partial charge in [-0.05, 0) is 40.6 Å². The fourth-order valence-electron chi connectivity index (χ4n) is 5.94. The van der Waals surface area contributed by atoms with Crippen molar-refractivity contribution in [1.82, 2.24) is 19.5 Å². The second kappa shape index (κ2) is 12.4. The zero-order chi connectivity index (χ0) is 34.4. The van der Waals surface area contributed by atoms with E-state index in [2.05, 4.69) is 54.1 Å². The molecule has 7 rings (SSSR count). The van der Waals surface area contributed by atoms with Gasteiger partial charge in [0.15, 0.2) is 25.3 Å². The van der Waals surface area contributed by atoms with Crippen molar-refractivity contribution in [2.45, 2.75) is 63.3 Å². The maximum Gasteiger partial charge on any atom is 0.407 e. The molecule has 0 bridgehead atoms. The predicted octanol–water partition coefficient (Wildman–Crippen LogP) is 5.43. The number of rotatable bonds is 8. The van der Waals surface area contributed by atoms with Gasteiger partial charge in [0.2, 0.25) is 0 Å². The van der Waals surface area contributed by atoms with E-state index in [0.29, 0.717) is 29.0 Å². The maximum atomic E-state index is 13.0. The highest BCUT2D eigenvalue weighted by atomic mass is 28.4. The highest BCUT2D eigenvalue weighted by Crippen LogP contribution is 2.46. The molecule has 4 heterocycles. The van der Waals surface area contributed by atoms with Crippen molar-refractivity contribution in [2.75, 3.05) is 18.5 Å². The fraction of sp³-hybridized carbons (Fsp3) is 0.333. The first-order valence-electron chi connectivity index (χ1n) is 16.8. The molecule has 0 aliphatic carbocycles. The van der Waals surface area contributed by atoms with Gasteiger partial charge in [0, 0.05) is 12.0 Å². The van der Waals surface area contributed by atoms with E-state index in [1.165, 1.54) is 6.33 Å². The molecule has 4 atom stereocenters. The van der Waals surface area contributed by atoms with E-state index in [1.54, 1.807) is 30.6 Å². The third-order valence-electron chi connectivity index (χ3n) is 9.76. The van der Waals surface area contributed by atoms with Crippen LogP contribution in [0.4, 0.5) is 5.82 Å². The van der Waals surface area contributed by atoms with Crippen molar-refractivity contribution in [3.05, 3.63) is 109 Å². The summed E-state index contributed by atoms with van der Waals surface area (Å²) in [4.78, 5) is 26.5. The smallest absolute Gasteiger partial charge is 0.407 e. The van der Waals surface area contributed by atoms with Crippen LogP contribution in [0.1, 0.15) is 45.1 Å². The van der Waals surface area contributed by atoms with E-state index in [4.69, 9.17) is 18.0 Å². The second-order valence-electron chi connectivity index (χ2n) is 13.9. The van der Waals surface area contributed by atoms with E-state index in [-0.39, 0.29) is 17.6 Å². The highest BCUT2D eigenvalue weighted by molar-refractivity contribution is 6.92. The van der Waals surface area contributed by atoms with Crippen LogP contribution in [0.15, 0.2) is 104 Å². The van der Waals surface area contributed by atoms with Gasteiger partial charge in [-0.15, -0.1) is 0 Å². The van der Waals surface area contributed by atoms with Crippen molar-refractivity contribution < 1.29 is 24.2 Å². The summed E-state index contributed by atoms with van der Waals surface area (Å²) in [6.45, 7) is 9.94. The molecule has 1 N–H and O–H groups in total. The van der Waals surface area contributed by atoms with Gasteiger partial charge in [0.1, 0.15) is 18.2 Å². The van der Waals surface area contributed by atoms with Gasteiger partial charge in [-0.25, -0.2) is 15.0 Å². The predicted molar refractivity (Wildman–Crippen MR) is 189 cm³/mol. The summed E-state index contributed by atoms with van der Waals surface area (Å²) < 4.78 is 39.4. The first-order chi connectivity index (χ1) is 23.4. The van der Waals surface area contributed by atoms with Gasteiger partial charge in [-0.1, -0.05) is 99.6 Å². The van der Waals surface area contributed by atoms with E-state index in [0.717, 1.165) is 10.4 Å². The van der Waals surface area contributed by atoms with E-state index in [9.17, 15) is 6.17 Å². The van der Waals surface area contributed by atoms with Gasteiger partial charge >= 0.3 is 8.56 Å². The lowest BCUT2D eigenvalue weighted by Gasteiger charge is -2.48. The largest absolute Gasteiger partial charge is 0.414 e. The molecule has 0 saturated carbocycles. The van der Waals surface area contributed by atoms with Crippen LogP contribution in [0.3, 0.4) is 0 Å². The molecular formula is C36H41N5O5Si2. The number of anilines is 1. The van der Waals surface area contributed by atoms with Crippen LogP contribution in [0, 0.1) is 0 Å². The summed E-state index contributed by atoms with van der Waals surface area (Å²) in [6, 6.07) is 28.8. The fourth-order valence-corrected chi connectivity index (χ4v) is 10.2. The van der Waals surface area contributed by atoms with Crippen LogP contribution in [-0.4, -0.2) is 67.2 Å². The summed E-state index contributed by atoms with van der Waals surface area (Å²) in [5.74, 6) is -0.00717. The van der Waals surface area contributed by atoms with Gasteiger partial charge < -0.3 is 23.3 Å². The molecule has 2 aliphatic heterocycles. The van der Waals surface area contributed by atoms with Crippen LogP contribution >= 0.6 is 0 Å². The van der Waals surface area contributed by atoms with Crippen LogP contribution in [0.2, 0.25) is 18.1 Å². The molecule has 1 amide bonds. The Bertz CT molecular complexity index is 1900. The van der Waals surface area contributed by atoms with Crippen molar-refractivity contribution in [3.8, 4) is 0 Å². The zero-order valence-corrected chi connectivity index (χ0v) is 29.8. The Kier molecular flexibility index (Phi) is 8.10. The molecule has 48 heavy (non-hydrogen) atoms. The van der Waals surface area contributed by atoms with Gasteiger partial charge in [0.25, 0.3) is 5.91 Å². The Labute approximate surface area is 284 Å². The number of carbonyl (C=O) groups is 1. The molecule has 12 heteroatoms. The van der Waals surface area contributed by atoms with Crippen LogP contribution < -0.4 is 15.7 Å². The number of imidazole rings is 1. The first kappa shape index (κ1) is 31.2. The molecule has 2 aliphatic rings. The normalized spacial score (nSPS) is 24.2. The topological polar surface area (TPSA) is 110 Å². The summed E-state index contributed by atoms with van der Waals surface area (Å²) >= 11 is 0. The Morgan fingerprint density at radius 3 is 2.25 bits per heavy atom. The number of fused-ring (bicyclic) bond motifs is 2. The number of amides is 1. The Hall–Kier alpha value is -4.05. The average molecular weight is 681 g/mol. The molecule has 2 saturated heterocycles. The van der Waals surface area contributed by atoms with Crippen molar-refractivity contribution in [2.24, 2.45) is 0 Å². The van der Waals surface area contributed by atoms with Gasteiger partial charge in [-0.2, -0.15) is 0 Å². The van der Waals surface area contributed by atoms with Crippen LogP contribution in [0.25, 0.3) is 11.2 Å². The number of hydrogen-bond acceptors (Lipinski definition) is 8. The number of nitrogens with zero attached hydrogens (tertiary/aromatic N) is 4. The molecule has 2 aromatic heterocycles. The number of benzene rings is 3. The van der Waals surface area contributed by atoms with Crippen molar-refractivity contribution >= 4 is 50.1 Å². The monoisotopic (exact) mass is 680 g/mol. The van der Waals surface area contributed by atoms with Crippen molar-refractivity contribution in [3.63, 3.8) is 0 Å². The van der Waals surface area contributed by atoms with E-state index < -0.39 is 41.4 Å². The molecular weight excluding hydrogens is 639 g/mol. The number of carbonyl (C=O) groups excluding carboxylic acids is 1. The summed E-state index contributed by atoms with van der Waals surface area (Å²) in [5, 5.41) is 4.65. The van der Waals surface area contributed by atoms with Crippen LogP contribution in [0.5, 0.6) is 0 Å². The SMILES string of the molecule is [2H][C@H]1O[Si](c2ccccc2)(c2ccccc2)O[C@H]2C[C@H](n3cnc4c(NC(=O)c5ccccc5)ncnc43)O[C@]21CO[Si](C)(C)C(C)(C)C. The molecule has 0 spiro atoms. The highest BCUT2D eigenvalue weighted by Gasteiger charge is 2.61. The number of aromatic nitrogens is 4. The second-order valence-corrected chi connectivity index (χ2v) is 21.5. The Balaban J connectivity index is 1.27. The minimum Gasteiger partial charge on any atom is -0.414 e. The number of hydrogen-bond donors (Lipinski definition) is 1. The average Bonchev–Trinajstić information content (AvgIpc) is 3.71. The molecule has 0 radical (unpaired) electrons. The van der Waals surface area contributed by atoms with Gasteiger partial charge in [0.05, 0.1) is 27.0 Å². The van der Waals surface area contributed by atoms with Gasteiger partial charge in [-0.3, -0.25) is 9.36 Å². The van der Waals surface area contributed by atoms with E-state index >= 15 is 0 Å².